The molecule has 3 aromatic rings. The summed E-state index contributed by atoms with van der Waals surface area (Å²) in [5.74, 6) is -0.0591. The van der Waals surface area contributed by atoms with Crippen molar-refractivity contribution in [1.29, 1.82) is 0 Å². The third kappa shape index (κ3) is 4.85. The molecule has 0 aliphatic rings. The summed E-state index contributed by atoms with van der Waals surface area (Å²) in [5.41, 5.74) is 1.84. The lowest BCUT2D eigenvalue weighted by atomic mass is 9.98. The maximum atomic E-state index is 13.6. The number of nitrogens with one attached hydrogen (secondary N) is 1. The Balaban J connectivity index is 1.74. The van der Waals surface area contributed by atoms with Crippen molar-refractivity contribution < 1.29 is 18.7 Å². The number of amides is 1. The predicted molar refractivity (Wildman–Crippen MR) is 101 cm³/mol. The van der Waals surface area contributed by atoms with E-state index in [0.717, 1.165) is 16.9 Å². The average molecular weight is 365 g/mol. The van der Waals surface area contributed by atoms with Gasteiger partial charge in [-0.1, -0.05) is 54.6 Å². The quantitative estimate of drug-likeness (QED) is 0.685. The highest BCUT2D eigenvalue weighted by Gasteiger charge is 2.17. The Morgan fingerprint density at radius 2 is 1.56 bits per heavy atom. The summed E-state index contributed by atoms with van der Waals surface area (Å²) >= 11 is 0. The number of halogens is 1. The van der Waals surface area contributed by atoms with Crippen molar-refractivity contribution in [3.8, 4) is 11.5 Å². The van der Waals surface area contributed by atoms with Crippen molar-refractivity contribution in [1.82, 2.24) is 5.32 Å². The molecule has 0 unspecified atom stereocenters. The van der Waals surface area contributed by atoms with Gasteiger partial charge in [0.2, 0.25) is 0 Å². The van der Waals surface area contributed by atoms with Crippen LogP contribution in [-0.2, 0) is 4.79 Å². The maximum Gasteiger partial charge on any atom is 0.258 e. The van der Waals surface area contributed by atoms with Gasteiger partial charge in [-0.25, -0.2) is 4.39 Å². The highest BCUT2D eigenvalue weighted by Crippen LogP contribution is 2.24. The zero-order chi connectivity index (χ0) is 19.1. The van der Waals surface area contributed by atoms with Crippen molar-refractivity contribution in [2.24, 2.45) is 0 Å². The second-order valence-corrected chi connectivity index (χ2v) is 5.90. The van der Waals surface area contributed by atoms with Gasteiger partial charge in [0.25, 0.3) is 5.91 Å². The second-order valence-electron chi connectivity index (χ2n) is 5.90. The molecule has 1 atom stereocenters. The van der Waals surface area contributed by atoms with Crippen molar-refractivity contribution in [3.63, 3.8) is 0 Å². The molecule has 0 spiro atoms. The zero-order valence-electron chi connectivity index (χ0n) is 14.9. The minimum absolute atomic E-state index is 0.0494. The molecule has 0 heterocycles. The lowest BCUT2D eigenvalue weighted by Crippen LogP contribution is -2.33. The van der Waals surface area contributed by atoms with E-state index in [0.29, 0.717) is 0 Å². The number of carbonyl (C=O) groups is 1. The van der Waals surface area contributed by atoms with E-state index in [2.05, 4.69) is 5.32 Å². The normalized spacial score (nSPS) is 11.5. The second kappa shape index (κ2) is 8.85. The summed E-state index contributed by atoms with van der Waals surface area (Å²) in [7, 11) is 1.60. The molecule has 1 N–H and O–H groups in total. The van der Waals surface area contributed by atoms with Crippen LogP contribution in [0.5, 0.6) is 11.5 Å². The first kappa shape index (κ1) is 18.5. The molecular weight excluding hydrogens is 345 g/mol. The zero-order valence-corrected chi connectivity index (χ0v) is 14.9. The molecule has 1 amide bonds. The number of hydrogen-bond donors (Lipinski definition) is 1. The van der Waals surface area contributed by atoms with Gasteiger partial charge in [-0.05, 0) is 35.4 Å². The van der Waals surface area contributed by atoms with Gasteiger partial charge < -0.3 is 14.8 Å². The van der Waals surface area contributed by atoms with Gasteiger partial charge in [0.1, 0.15) is 5.75 Å². The van der Waals surface area contributed by atoms with Crippen LogP contribution in [0.3, 0.4) is 0 Å². The molecule has 0 bridgehead atoms. The molecule has 138 valence electrons. The molecular formula is C22H20FNO3. The number of ether oxygens (including phenoxy) is 2. The van der Waals surface area contributed by atoms with Gasteiger partial charge >= 0.3 is 0 Å². The highest BCUT2D eigenvalue weighted by atomic mass is 19.1. The van der Waals surface area contributed by atoms with E-state index in [1.54, 1.807) is 19.2 Å². The number of methoxy groups -OCH3 is 1. The molecule has 0 saturated carbocycles. The van der Waals surface area contributed by atoms with Crippen LogP contribution in [0, 0.1) is 5.82 Å². The Kier molecular flexibility index (Phi) is 6.05. The van der Waals surface area contributed by atoms with E-state index >= 15 is 0 Å². The van der Waals surface area contributed by atoms with E-state index in [-0.39, 0.29) is 24.3 Å². The Labute approximate surface area is 157 Å². The fourth-order valence-corrected chi connectivity index (χ4v) is 2.71. The largest absolute Gasteiger partial charge is 0.497 e. The molecule has 4 nitrogen and oxygen atoms in total. The minimum Gasteiger partial charge on any atom is -0.497 e. The summed E-state index contributed by atoms with van der Waals surface area (Å²) in [6.07, 6.45) is 0. The highest BCUT2D eigenvalue weighted by molar-refractivity contribution is 5.78. The van der Waals surface area contributed by atoms with Crippen LogP contribution in [0.4, 0.5) is 4.39 Å². The fraction of sp³-hybridized carbons (Fsp3) is 0.136. The molecule has 5 heteroatoms. The predicted octanol–water partition coefficient (Wildman–Crippen LogP) is 4.12. The first-order chi connectivity index (χ1) is 13.2. The SMILES string of the molecule is COc1ccc([C@H](NC(=O)COc2ccccc2F)c2ccccc2)cc1. The lowest BCUT2D eigenvalue weighted by Gasteiger charge is -2.20. The van der Waals surface area contributed by atoms with Crippen LogP contribution >= 0.6 is 0 Å². The Morgan fingerprint density at radius 3 is 2.22 bits per heavy atom. The van der Waals surface area contributed by atoms with Crippen LogP contribution in [-0.4, -0.2) is 19.6 Å². The first-order valence-corrected chi connectivity index (χ1v) is 8.53. The van der Waals surface area contributed by atoms with Crippen molar-refractivity contribution in [3.05, 3.63) is 95.8 Å². The smallest absolute Gasteiger partial charge is 0.258 e. The molecule has 0 aliphatic heterocycles. The molecule has 0 fully saturated rings. The van der Waals surface area contributed by atoms with Crippen LogP contribution in [0.15, 0.2) is 78.9 Å². The molecule has 0 aromatic heterocycles. The lowest BCUT2D eigenvalue weighted by molar-refractivity contribution is -0.123. The molecule has 0 aliphatic carbocycles. The third-order valence-corrected chi connectivity index (χ3v) is 4.08. The first-order valence-electron chi connectivity index (χ1n) is 8.53. The number of hydrogen-bond acceptors (Lipinski definition) is 3. The Hall–Kier alpha value is -3.34. The summed E-state index contributed by atoms with van der Waals surface area (Å²) < 4.78 is 24.1. The number of benzene rings is 3. The molecule has 0 saturated heterocycles. The standard InChI is InChI=1S/C22H20FNO3/c1-26-18-13-11-17(12-14-18)22(16-7-3-2-4-8-16)24-21(25)15-27-20-10-6-5-9-19(20)23/h2-14,22H,15H2,1H3,(H,24,25)/t22-/m1/s1. The summed E-state index contributed by atoms with van der Waals surface area (Å²) in [6, 6.07) is 22.7. The summed E-state index contributed by atoms with van der Waals surface area (Å²) in [5, 5.41) is 2.95. The molecule has 3 rings (SSSR count). The fourth-order valence-electron chi connectivity index (χ4n) is 2.71. The van der Waals surface area contributed by atoms with Crippen LogP contribution in [0.2, 0.25) is 0 Å². The van der Waals surface area contributed by atoms with Gasteiger partial charge in [-0.3, -0.25) is 4.79 Å². The number of carbonyl (C=O) groups excluding carboxylic acids is 1. The van der Waals surface area contributed by atoms with Crippen LogP contribution < -0.4 is 14.8 Å². The third-order valence-electron chi connectivity index (χ3n) is 4.08. The van der Waals surface area contributed by atoms with Crippen LogP contribution in [0.25, 0.3) is 0 Å². The molecule has 27 heavy (non-hydrogen) atoms. The Bertz CT molecular complexity index is 882. The topological polar surface area (TPSA) is 47.6 Å². The summed E-state index contributed by atoms with van der Waals surface area (Å²) in [4.78, 5) is 12.4. The minimum atomic E-state index is -0.500. The average Bonchev–Trinajstić information content (AvgIpc) is 2.72. The van der Waals surface area contributed by atoms with Crippen LogP contribution in [0.1, 0.15) is 17.2 Å². The summed E-state index contributed by atoms with van der Waals surface area (Å²) in [6.45, 7) is -0.277. The molecule has 0 radical (unpaired) electrons. The van der Waals surface area contributed by atoms with Crippen molar-refractivity contribution in [2.75, 3.05) is 13.7 Å². The monoisotopic (exact) mass is 365 g/mol. The molecule has 3 aromatic carbocycles. The number of rotatable bonds is 7. The maximum absolute atomic E-state index is 13.6. The van der Waals surface area contributed by atoms with Gasteiger partial charge in [-0.15, -0.1) is 0 Å². The van der Waals surface area contributed by atoms with E-state index in [1.807, 2.05) is 54.6 Å². The van der Waals surface area contributed by atoms with E-state index < -0.39 is 5.82 Å². The van der Waals surface area contributed by atoms with E-state index in [4.69, 9.17) is 9.47 Å². The van der Waals surface area contributed by atoms with Gasteiger partial charge in [0.15, 0.2) is 18.2 Å². The van der Waals surface area contributed by atoms with Gasteiger partial charge in [0, 0.05) is 0 Å². The van der Waals surface area contributed by atoms with E-state index in [9.17, 15) is 9.18 Å². The Morgan fingerprint density at radius 1 is 0.926 bits per heavy atom. The van der Waals surface area contributed by atoms with Gasteiger partial charge in [0.05, 0.1) is 13.2 Å². The van der Waals surface area contributed by atoms with E-state index in [1.165, 1.54) is 12.1 Å². The number of para-hydroxylation sites is 1. The van der Waals surface area contributed by atoms with Crippen molar-refractivity contribution in [2.45, 2.75) is 6.04 Å². The van der Waals surface area contributed by atoms with Crippen molar-refractivity contribution >= 4 is 5.91 Å². The van der Waals surface area contributed by atoms with Gasteiger partial charge in [-0.2, -0.15) is 0 Å².